The topological polar surface area (TPSA) is 25.2 Å². The molecule has 0 amide bonds. The number of halogens is 4. The fraction of sp³-hybridized carbons (Fsp3) is 0.333. The molecule has 0 saturated carbocycles. The van der Waals surface area contributed by atoms with Crippen LogP contribution in [0.3, 0.4) is 0 Å². The summed E-state index contributed by atoms with van der Waals surface area (Å²) in [5, 5.41) is 3.22. The van der Waals surface area contributed by atoms with Crippen LogP contribution in [0.4, 0.5) is 13.2 Å². The van der Waals surface area contributed by atoms with Crippen molar-refractivity contribution >= 4 is 15.9 Å². The molecule has 0 spiro atoms. The van der Waals surface area contributed by atoms with Gasteiger partial charge < -0.3 is 9.73 Å². The zero-order valence-electron chi connectivity index (χ0n) is 11.4. The molecule has 0 aliphatic rings. The zero-order valence-corrected chi connectivity index (χ0v) is 13.0. The number of alkyl halides is 3. The molecule has 2 aromatic rings. The van der Waals surface area contributed by atoms with Crippen LogP contribution in [0.25, 0.3) is 0 Å². The molecule has 0 aliphatic heterocycles. The van der Waals surface area contributed by atoms with Gasteiger partial charge in [-0.3, -0.25) is 0 Å². The molecule has 0 aliphatic carbocycles. The summed E-state index contributed by atoms with van der Waals surface area (Å²) in [6.07, 6.45) is -0.627. The molecule has 1 atom stereocenters. The van der Waals surface area contributed by atoms with Gasteiger partial charge in [-0.2, -0.15) is 13.2 Å². The van der Waals surface area contributed by atoms with E-state index in [2.05, 4.69) is 21.2 Å². The second-order valence-electron chi connectivity index (χ2n) is 4.68. The third-order valence-electron chi connectivity index (χ3n) is 3.17. The first-order chi connectivity index (χ1) is 9.91. The summed E-state index contributed by atoms with van der Waals surface area (Å²) in [7, 11) is 0. The van der Waals surface area contributed by atoms with E-state index in [1.165, 1.54) is 12.1 Å². The van der Waals surface area contributed by atoms with Gasteiger partial charge in [0.2, 0.25) is 0 Å². The third-order valence-corrected chi connectivity index (χ3v) is 3.89. The van der Waals surface area contributed by atoms with Crippen LogP contribution in [0.2, 0.25) is 0 Å². The van der Waals surface area contributed by atoms with E-state index in [0.717, 1.165) is 11.6 Å². The lowest BCUT2D eigenvalue weighted by molar-refractivity contribution is -0.137. The Hall–Kier alpha value is -1.27. The summed E-state index contributed by atoms with van der Waals surface area (Å²) >= 11 is 3.34. The molecule has 0 bridgehead atoms. The molecule has 1 unspecified atom stereocenters. The van der Waals surface area contributed by atoms with Gasteiger partial charge >= 0.3 is 6.18 Å². The number of nitrogens with one attached hydrogen (secondary N) is 1. The minimum atomic E-state index is -4.35. The summed E-state index contributed by atoms with van der Waals surface area (Å²) in [4.78, 5) is 0. The number of rotatable bonds is 5. The lowest BCUT2D eigenvalue weighted by atomic mass is 9.98. The molecule has 1 N–H and O–H groups in total. The summed E-state index contributed by atoms with van der Waals surface area (Å²) in [6.45, 7) is 2.58. The van der Waals surface area contributed by atoms with Gasteiger partial charge in [-0.25, -0.2) is 0 Å². The normalized spacial score (nSPS) is 13.4. The highest BCUT2D eigenvalue weighted by atomic mass is 79.9. The van der Waals surface area contributed by atoms with Gasteiger partial charge in [-0.05, 0) is 48.4 Å². The summed E-state index contributed by atoms with van der Waals surface area (Å²) < 4.78 is 44.3. The maximum atomic E-state index is 12.9. The molecular weight excluding hydrogens is 347 g/mol. The van der Waals surface area contributed by atoms with Crippen molar-refractivity contribution in [2.24, 2.45) is 0 Å². The maximum Gasteiger partial charge on any atom is 0.416 e. The highest BCUT2D eigenvalue weighted by Gasteiger charge is 2.31. The molecule has 0 saturated heterocycles. The van der Waals surface area contributed by atoms with Crippen molar-refractivity contribution in [2.45, 2.75) is 25.6 Å². The van der Waals surface area contributed by atoms with Crippen LogP contribution in [0.1, 0.15) is 29.7 Å². The second kappa shape index (κ2) is 6.66. The highest BCUT2D eigenvalue weighted by molar-refractivity contribution is 9.10. The van der Waals surface area contributed by atoms with Crippen molar-refractivity contribution in [3.8, 4) is 0 Å². The van der Waals surface area contributed by atoms with Crippen LogP contribution in [0, 0.1) is 0 Å². The summed E-state index contributed by atoms with van der Waals surface area (Å²) in [5.41, 5.74) is 0.883. The van der Waals surface area contributed by atoms with E-state index in [4.69, 9.17) is 4.42 Å². The molecule has 1 heterocycles. The van der Waals surface area contributed by atoms with E-state index < -0.39 is 11.7 Å². The Morgan fingerprint density at radius 3 is 2.62 bits per heavy atom. The molecule has 114 valence electrons. The first-order valence-electron chi connectivity index (χ1n) is 6.53. The average molecular weight is 362 g/mol. The van der Waals surface area contributed by atoms with E-state index in [1.54, 1.807) is 12.5 Å². The predicted molar refractivity (Wildman–Crippen MR) is 78.0 cm³/mol. The Labute approximate surface area is 129 Å². The first kappa shape index (κ1) is 16.1. The van der Waals surface area contributed by atoms with Crippen molar-refractivity contribution in [3.63, 3.8) is 0 Å². The van der Waals surface area contributed by atoms with Crippen molar-refractivity contribution in [2.75, 3.05) is 6.54 Å². The molecule has 0 radical (unpaired) electrons. The van der Waals surface area contributed by atoms with Crippen LogP contribution < -0.4 is 5.32 Å². The molecule has 1 aromatic carbocycles. The number of benzene rings is 1. The molecule has 21 heavy (non-hydrogen) atoms. The Morgan fingerprint density at radius 1 is 1.29 bits per heavy atom. The van der Waals surface area contributed by atoms with E-state index in [-0.39, 0.29) is 6.04 Å². The third kappa shape index (κ3) is 4.11. The molecule has 6 heteroatoms. The SMILES string of the molecule is CCNC(Cc1ccoc1)c1cc(C(F)(F)F)ccc1Br. The quantitative estimate of drug-likeness (QED) is 0.814. The zero-order chi connectivity index (χ0) is 15.5. The summed E-state index contributed by atoms with van der Waals surface area (Å²) in [6, 6.07) is 5.31. The van der Waals surface area contributed by atoms with Gasteiger partial charge in [0.05, 0.1) is 18.1 Å². The smallest absolute Gasteiger partial charge is 0.416 e. The van der Waals surface area contributed by atoms with Crippen LogP contribution in [-0.2, 0) is 12.6 Å². The molecule has 0 fully saturated rings. The molecule has 2 rings (SSSR count). The van der Waals surface area contributed by atoms with Gasteiger partial charge in [0, 0.05) is 10.5 Å². The number of furan rings is 1. The number of likely N-dealkylation sites (N-methyl/N-ethyl adjacent to an activating group) is 1. The van der Waals surface area contributed by atoms with E-state index in [9.17, 15) is 13.2 Å². The van der Waals surface area contributed by atoms with Crippen LogP contribution in [0.5, 0.6) is 0 Å². The minimum absolute atomic E-state index is 0.218. The Kier molecular flexibility index (Phi) is 5.11. The van der Waals surface area contributed by atoms with Crippen LogP contribution >= 0.6 is 15.9 Å². The summed E-state index contributed by atoms with van der Waals surface area (Å²) in [5.74, 6) is 0. The van der Waals surface area contributed by atoms with E-state index in [1.807, 2.05) is 13.0 Å². The number of hydrogen-bond donors (Lipinski definition) is 1. The molecule has 1 aromatic heterocycles. The van der Waals surface area contributed by atoms with Crippen LogP contribution in [-0.4, -0.2) is 6.54 Å². The number of hydrogen-bond acceptors (Lipinski definition) is 2. The van der Waals surface area contributed by atoms with Crippen molar-refractivity contribution in [1.82, 2.24) is 5.32 Å². The predicted octanol–water partition coefficient (Wildman–Crippen LogP) is 4.95. The minimum Gasteiger partial charge on any atom is -0.472 e. The van der Waals surface area contributed by atoms with Crippen molar-refractivity contribution in [3.05, 3.63) is 58.0 Å². The molecular formula is C15H15BrF3NO. The van der Waals surface area contributed by atoms with Crippen molar-refractivity contribution in [1.29, 1.82) is 0 Å². The van der Waals surface area contributed by atoms with Gasteiger partial charge in [0.1, 0.15) is 0 Å². The van der Waals surface area contributed by atoms with Crippen LogP contribution in [0.15, 0.2) is 45.7 Å². The second-order valence-corrected chi connectivity index (χ2v) is 5.53. The largest absolute Gasteiger partial charge is 0.472 e. The van der Waals surface area contributed by atoms with E-state index >= 15 is 0 Å². The van der Waals surface area contributed by atoms with Gasteiger partial charge in [0.15, 0.2) is 0 Å². The lowest BCUT2D eigenvalue weighted by Gasteiger charge is -2.20. The fourth-order valence-electron chi connectivity index (χ4n) is 2.17. The van der Waals surface area contributed by atoms with Gasteiger partial charge in [0.25, 0.3) is 0 Å². The highest BCUT2D eigenvalue weighted by Crippen LogP contribution is 2.34. The van der Waals surface area contributed by atoms with Crippen molar-refractivity contribution < 1.29 is 17.6 Å². The lowest BCUT2D eigenvalue weighted by Crippen LogP contribution is -2.23. The van der Waals surface area contributed by atoms with Gasteiger partial charge in [-0.15, -0.1) is 0 Å². The Bertz CT molecular complexity index is 581. The standard InChI is InChI=1S/C15H15BrF3NO/c1-2-20-14(7-10-5-6-21-9-10)12-8-11(15(17,18)19)3-4-13(12)16/h3-6,8-9,14,20H,2,7H2,1H3. The monoisotopic (exact) mass is 361 g/mol. The Morgan fingerprint density at radius 2 is 2.05 bits per heavy atom. The Balaban J connectivity index is 2.34. The average Bonchev–Trinajstić information content (AvgIpc) is 2.90. The fourth-order valence-corrected chi connectivity index (χ4v) is 2.69. The molecule has 2 nitrogen and oxygen atoms in total. The van der Waals surface area contributed by atoms with E-state index in [0.29, 0.717) is 23.0 Å². The maximum absolute atomic E-state index is 12.9. The first-order valence-corrected chi connectivity index (χ1v) is 7.32. The van der Waals surface area contributed by atoms with Gasteiger partial charge in [-0.1, -0.05) is 22.9 Å².